The van der Waals surface area contributed by atoms with Crippen molar-refractivity contribution in [3.05, 3.63) is 23.8 Å². The van der Waals surface area contributed by atoms with Crippen LogP contribution in [0.25, 0.3) is 0 Å². The summed E-state index contributed by atoms with van der Waals surface area (Å²) < 4.78 is 10.9. The molecule has 112 valence electrons. The Labute approximate surface area is 122 Å². The summed E-state index contributed by atoms with van der Waals surface area (Å²) in [5, 5.41) is 11.7. The number of benzene rings is 1. The zero-order valence-corrected chi connectivity index (χ0v) is 11.6. The molecule has 2 aliphatic rings. The van der Waals surface area contributed by atoms with Crippen molar-refractivity contribution in [3.63, 3.8) is 0 Å². The first-order chi connectivity index (χ1) is 10.1. The van der Waals surface area contributed by atoms with E-state index in [-0.39, 0.29) is 5.91 Å². The molecule has 1 saturated carbocycles. The maximum absolute atomic E-state index is 11.9. The number of carboxylic acid groups (broad SMARTS) is 1. The minimum Gasteiger partial charge on any atom is -0.486 e. The molecule has 0 aromatic heterocycles. The summed E-state index contributed by atoms with van der Waals surface area (Å²) in [6.07, 6.45) is 1.48. The minimum absolute atomic E-state index is 0.382. The van der Waals surface area contributed by atoms with Gasteiger partial charge in [-0.05, 0) is 37.0 Å². The maximum atomic E-state index is 11.9. The first kappa shape index (κ1) is 13.7. The molecular weight excluding hydrogens is 274 g/mol. The van der Waals surface area contributed by atoms with Gasteiger partial charge in [0.05, 0.1) is 0 Å². The third kappa shape index (κ3) is 2.66. The molecule has 3 rings (SSSR count). The Morgan fingerprint density at radius 3 is 2.57 bits per heavy atom. The van der Waals surface area contributed by atoms with E-state index in [1.165, 1.54) is 0 Å². The van der Waals surface area contributed by atoms with Gasteiger partial charge in [-0.25, -0.2) is 0 Å². The van der Waals surface area contributed by atoms with Gasteiger partial charge in [0.1, 0.15) is 18.6 Å². The number of aliphatic carboxylic acids is 1. The van der Waals surface area contributed by atoms with Crippen molar-refractivity contribution in [3.8, 4) is 11.5 Å². The lowest BCUT2D eigenvalue weighted by atomic mass is 10.1. The van der Waals surface area contributed by atoms with Crippen LogP contribution in [-0.4, -0.2) is 36.7 Å². The zero-order valence-electron chi connectivity index (χ0n) is 11.6. The van der Waals surface area contributed by atoms with E-state index >= 15 is 0 Å². The molecule has 2 N–H and O–H groups in total. The van der Waals surface area contributed by atoms with Crippen LogP contribution in [0.5, 0.6) is 11.5 Å². The first-order valence-corrected chi connectivity index (χ1v) is 7.02. The summed E-state index contributed by atoms with van der Waals surface area (Å²) in [5.74, 6) is 0.0398. The van der Waals surface area contributed by atoms with E-state index in [1.807, 2.05) is 18.2 Å². The number of fused-ring (bicyclic) bond motifs is 1. The number of carboxylic acids is 1. The molecule has 1 heterocycles. The smallest absolute Gasteiger partial charge is 0.319 e. The van der Waals surface area contributed by atoms with E-state index in [2.05, 4.69) is 5.32 Å². The summed E-state index contributed by atoms with van der Waals surface area (Å²) in [4.78, 5) is 22.9. The van der Waals surface area contributed by atoms with E-state index < -0.39 is 11.4 Å². The Morgan fingerprint density at radius 1 is 1.19 bits per heavy atom. The van der Waals surface area contributed by atoms with Crippen LogP contribution in [-0.2, 0) is 16.0 Å². The Bertz CT molecular complexity index is 579. The number of carbonyl (C=O) groups excluding carboxylic acids is 1. The second-order valence-electron chi connectivity index (χ2n) is 5.37. The topological polar surface area (TPSA) is 84.9 Å². The third-order valence-electron chi connectivity index (χ3n) is 3.90. The molecule has 0 saturated heterocycles. The fourth-order valence-corrected chi connectivity index (χ4v) is 2.40. The van der Waals surface area contributed by atoms with Gasteiger partial charge in [-0.2, -0.15) is 0 Å². The van der Waals surface area contributed by atoms with Crippen LogP contribution >= 0.6 is 0 Å². The van der Waals surface area contributed by atoms with E-state index in [0.717, 1.165) is 11.3 Å². The molecule has 0 atom stereocenters. The molecular formula is C15H17NO5. The normalized spacial score (nSPS) is 17.9. The molecule has 0 spiro atoms. The highest BCUT2D eigenvalue weighted by atomic mass is 16.6. The minimum atomic E-state index is -1.17. The van der Waals surface area contributed by atoms with Gasteiger partial charge in [0, 0.05) is 6.54 Å². The Morgan fingerprint density at radius 2 is 1.90 bits per heavy atom. The highest BCUT2D eigenvalue weighted by molar-refractivity contribution is 6.04. The summed E-state index contributed by atoms with van der Waals surface area (Å²) >= 11 is 0. The zero-order chi connectivity index (χ0) is 14.9. The van der Waals surface area contributed by atoms with Crippen molar-refractivity contribution >= 4 is 11.9 Å². The Hall–Kier alpha value is -2.24. The molecule has 1 aliphatic carbocycles. The molecule has 1 aromatic rings. The SMILES string of the molecule is O=C(O)C1(C(=O)NCCc2ccc3c(c2)OCCO3)CC1. The van der Waals surface area contributed by atoms with Crippen molar-refractivity contribution < 1.29 is 24.2 Å². The molecule has 1 aliphatic heterocycles. The molecule has 1 fully saturated rings. The number of hydrogen-bond donors (Lipinski definition) is 2. The molecule has 6 nitrogen and oxygen atoms in total. The highest BCUT2D eigenvalue weighted by Gasteiger charge is 2.56. The number of hydrogen-bond acceptors (Lipinski definition) is 4. The predicted molar refractivity (Wildman–Crippen MR) is 73.4 cm³/mol. The molecule has 1 aromatic carbocycles. The van der Waals surface area contributed by atoms with Gasteiger partial charge in [0.2, 0.25) is 5.91 Å². The van der Waals surface area contributed by atoms with E-state index in [0.29, 0.717) is 44.8 Å². The van der Waals surface area contributed by atoms with Gasteiger partial charge in [0.15, 0.2) is 11.5 Å². The Kier molecular flexibility index (Phi) is 3.45. The van der Waals surface area contributed by atoms with Crippen LogP contribution in [0, 0.1) is 5.41 Å². The van der Waals surface area contributed by atoms with Gasteiger partial charge < -0.3 is 19.9 Å². The average Bonchev–Trinajstić information content (AvgIpc) is 3.29. The van der Waals surface area contributed by atoms with Gasteiger partial charge in [0.25, 0.3) is 0 Å². The fourth-order valence-electron chi connectivity index (χ4n) is 2.40. The van der Waals surface area contributed by atoms with Gasteiger partial charge >= 0.3 is 5.97 Å². The Balaban J connectivity index is 1.54. The predicted octanol–water partition coefficient (Wildman–Crippen LogP) is 0.981. The number of amides is 1. The molecule has 0 bridgehead atoms. The lowest BCUT2D eigenvalue weighted by Crippen LogP contribution is -2.37. The summed E-state index contributed by atoms with van der Waals surface area (Å²) in [7, 11) is 0. The molecule has 21 heavy (non-hydrogen) atoms. The summed E-state index contributed by atoms with van der Waals surface area (Å²) in [6, 6.07) is 5.67. The molecule has 0 radical (unpaired) electrons. The fraction of sp³-hybridized carbons (Fsp3) is 0.467. The van der Waals surface area contributed by atoms with E-state index in [1.54, 1.807) is 0 Å². The first-order valence-electron chi connectivity index (χ1n) is 7.02. The monoisotopic (exact) mass is 291 g/mol. The highest BCUT2D eigenvalue weighted by Crippen LogP contribution is 2.46. The summed E-state index contributed by atoms with van der Waals surface area (Å²) in [6.45, 7) is 1.50. The second kappa shape index (κ2) is 5.27. The van der Waals surface area contributed by atoms with Crippen molar-refractivity contribution in [1.29, 1.82) is 0 Å². The van der Waals surface area contributed by atoms with Crippen molar-refractivity contribution in [2.75, 3.05) is 19.8 Å². The van der Waals surface area contributed by atoms with Crippen molar-refractivity contribution in [2.45, 2.75) is 19.3 Å². The molecule has 6 heteroatoms. The quantitative estimate of drug-likeness (QED) is 0.790. The lowest BCUT2D eigenvalue weighted by Gasteiger charge is -2.19. The number of nitrogens with one attached hydrogen (secondary N) is 1. The molecule has 1 amide bonds. The maximum Gasteiger partial charge on any atom is 0.319 e. The van der Waals surface area contributed by atoms with Gasteiger partial charge in [-0.3, -0.25) is 9.59 Å². The van der Waals surface area contributed by atoms with Gasteiger partial charge in [-0.1, -0.05) is 6.07 Å². The number of ether oxygens (including phenoxy) is 2. The number of rotatable bonds is 5. The second-order valence-corrected chi connectivity index (χ2v) is 5.37. The van der Waals surface area contributed by atoms with Crippen molar-refractivity contribution in [1.82, 2.24) is 5.32 Å². The largest absolute Gasteiger partial charge is 0.486 e. The third-order valence-corrected chi connectivity index (χ3v) is 3.90. The standard InChI is InChI=1S/C15H17NO5/c17-13(15(4-5-15)14(18)19)16-6-3-10-1-2-11-12(9-10)21-8-7-20-11/h1-2,9H,3-8H2,(H,16,17)(H,18,19). The average molecular weight is 291 g/mol. The van der Waals surface area contributed by atoms with Gasteiger partial charge in [-0.15, -0.1) is 0 Å². The summed E-state index contributed by atoms with van der Waals surface area (Å²) in [5.41, 5.74) is -0.160. The van der Waals surface area contributed by atoms with E-state index in [4.69, 9.17) is 14.6 Å². The van der Waals surface area contributed by atoms with Crippen LogP contribution in [0.2, 0.25) is 0 Å². The molecule has 0 unspecified atom stereocenters. The van der Waals surface area contributed by atoms with Crippen LogP contribution in [0.1, 0.15) is 18.4 Å². The van der Waals surface area contributed by atoms with Crippen molar-refractivity contribution in [2.24, 2.45) is 5.41 Å². The van der Waals surface area contributed by atoms with Crippen LogP contribution in [0.15, 0.2) is 18.2 Å². The van der Waals surface area contributed by atoms with E-state index in [9.17, 15) is 9.59 Å². The van der Waals surface area contributed by atoms with Crippen LogP contribution < -0.4 is 14.8 Å². The van der Waals surface area contributed by atoms with Crippen LogP contribution in [0.3, 0.4) is 0 Å². The number of carbonyl (C=O) groups is 2. The lowest BCUT2D eigenvalue weighted by molar-refractivity contribution is -0.149. The van der Waals surface area contributed by atoms with Crippen LogP contribution in [0.4, 0.5) is 0 Å².